The van der Waals surface area contributed by atoms with Crippen molar-refractivity contribution in [2.75, 3.05) is 12.3 Å². The van der Waals surface area contributed by atoms with Crippen molar-refractivity contribution in [3.05, 3.63) is 46.0 Å². The molecule has 1 unspecified atom stereocenters. The third-order valence-corrected chi connectivity index (χ3v) is 3.93. The number of amides is 1. The van der Waals surface area contributed by atoms with Gasteiger partial charge in [0, 0.05) is 4.92 Å². The third-order valence-electron chi connectivity index (χ3n) is 2.57. The Kier molecular flexibility index (Phi) is 4.46. The predicted octanol–water partition coefficient (Wildman–Crippen LogP) is 1.37. The summed E-state index contributed by atoms with van der Waals surface area (Å²) in [5.74, 6) is 0.0884. The lowest BCUT2D eigenvalue weighted by Crippen LogP contribution is -2.45. The summed E-state index contributed by atoms with van der Waals surface area (Å²) in [5, 5.41) is 12.0. The number of hydrogen-bond donors (Lipinski definition) is 1. The number of hydrazine groups is 1. The monoisotopic (exact) mass is 297 g/mol. The van der Waals surface area contributed by atoms with E-state index in [4.69, 9.17) is 12.2 Å². The minimum Gasteiger partial charge on any atom is -0.272 e. The van der Waals surface area contributed by atoms with Gasteiger partial charge in [0.2, 0.25) is 6.54 Å². The van der Waals surface area contributed by atoms with Crippen LogP contribution in [0.15, 0.2) is 30.3 Å². The summed E-state index contributed by atoms with van der Waals surface area (Å²) < 4.78 is 0.397. The van der Waals surface area contributed by atoms with E-state index in [1.165, 1.54) is 16.8 Å². The lowest BCUT2D eigenvalue weighted by atomic mass is 10.1. The molecular formula is C11H11N3O3S2. The highest BCUT2D eigenvalue weighted by atomic mass is 32.2. The zero-order valence-electron chi connectivity index (χ0n) is 9.81. The second kappa shape index (κ2) is 6.09. The Hall–Kier alpha value is -1.51. The molecule has 1 aromatic carbocycles. The van der Waals surface area contributed by atoms with Gasteiger partial charge in [0.1, 0.15) is 6.04 Å². The van der Waals surface area contributed by atoms with Gasteiger partial charge in [-0.25, -0.2) is 10.4 Å². The van der Waals surface area contributed by atoms with Crippen LogP contribution < -0.4 is 5.43 Å². The quantitative estimate of drug-likeness (QED) is 0.502. The number of hydrogen-bond acceptors (Lipinski definition) is 6. The summed E-state index contributed by atoms with van der Waals surface area (Å²) in [6, 6.07) is 8.38. The molecular weight excluding hydrogens is 286 g/mol. The first-order valence-corrected chi connectivity index (χ1v) is 6.90. The maximum atomic E-state index is 11.6. The Labute approximate surface area is 119 Å². The summed E-state index contributed by atoms with van der Waals surface area (Å²) in [5.41, 5.74) is 3.59. The highest BCUT2D eigenvalue weighted by Gasteiger charge is 2.30. The molecule has 0 aromatic heterocycles. The molecule has 1 amide bonds. The van der Waals surface area contributed by atoms with Gasteiger partial charge in [-0.1, -0.05) is 54.3 Å². The molecule has 1 saturated heterocycles. The first kappa shape index (κ1) is 13.9. The van der Waals surface area contributed by atoms with Gasteiger partial charge in [0.05, 0.1) is 5.75 Å². The number of nitrogens with one attached hydrogen (secondary N) is 1. The zero-order chi connectivity index (χ0) is 13.8. The Morgan fingerprint density at radius 1 is 1.47 bits per heavy atom. The molecule has 0 spiro atoms. The van der Waals surface area contributed by atoms with Crippen LogP contribution in [0, 0.1) is 10.1 Å². The molecule has 1 fully saturated rings. The summed E-state index contributed by atoms with van der Waals surface area (Å²) in [6.45, 7) is -0.318. The van der Waals surface area contributed by atoms with Crippen LogP contribution in [-0.2, 0) is 4.79 Å². The van der Waals surface area contributed by atoms with Crippen molar-refractivity contribution >= 4 is 34.2 Å². The summed E-state index contributed by atoms with van der Waals surface area (Å²) in [6.07, 6.45) is 0. The zero-order valence-corrected chi connectivity index (χ0v) is 11.4. The number of nitrogens with zero attached hydrogens (tertiary/aromatic N) is 2. The molecule has 6 nitrogen and oxygen atoms in total. The molecule has 1 aliphatic rings. The van der Waals surface area contributed by atoms with Crippen LogP contribution in [0.25, 0.3) is 0 Å². The van der Waals surface area contributed by atoms with E-state index in [1.54, 1.807) is 24.3 Å². The molecule has 0 aliphatic carbocycles. The molecule has 1 aromatic rings. The molecule has 2 rings (SSSR count). The van der Waals surface area contributed by atoms with E-state index in [2.05, 4.69) is 5.43 Å². The van der Waals surface area contributed by atoms with Crippen molar-refractivity contribution in [1.82, 2.24) is 10.4 Å². The highest BCUT2D eigenvalue weighted by Crippen LogP contribution is 2.21. The smallest absolute Gasteiger partial charge is 0.253 e. The van der Waals surface area contributed by atoms with Crippen molar-refractivity contribution in [2.24, 2.45) is 0 Å². The summed E-state index contributed by atoms with van der Waals surface area (Å²) >= 11 is 6.28. The van der Waals surface area contributed by atoms with E-state index >= 15 is 0 Å². The van der Waals surface area contributed by atoms with Crippen molar-refractivity contribution in [2.45, 2.75) is 6.04 Å². The Bertz CT molecular complexity index is 493. The van der Waals surface area contributed by atoms with Gasteiger partial charge in [-0.2, -0.15) is 0 Å². The highest BCUT2D eigenvalue weighted by molar-refractivity contribution is 8.23. The summed E-state index contributed by atoms with van der Waals surface area (Å²) in [4.78, 5) is 22.0. The Morgan fingerprint density at radius 3 is 2.68 bits per heavy atom. The number of thioether (sulfide) groups is 1. The molecule has 19 heavy (non-hydrogen) atoms. The number of thiocarbonyl (C=S) groups is 1. The van der Waals surface area contributed by atoms with Crippen LogP contribution in [0.2, 0.25) is 0 Å². The first-order valence-electron chi connectivity index (χ1n) is 5.50. The van der Waals surface area contributed by atoms with Crippen LogP contribution >= 0.6 is 24.0 Å². The number of rotatable bonds is 5. The molecule has 0 bridgehead atoms. The number of benzene rings is 1. The fraction of sp³-hybridized carbons (Fsp3) is 0.273. The standard InChI is InChI=1S/C11H11N3O3S2/c15-10-7-19-11(18)14(10)12-9(6-13(16)17)8-4-2-1-3-5-8/h1-5,9,12H,6-7H2. The van der Waals surface area contributed by atoms with Gasteiger partial charge in [-0.15, -0.1) is 0 Å². The number of carbonyl (C=O) groups excluding carboxylic acids is 1. The molecule has 100 valence electrons. The van der Waals surface area contributed by atoms with E-state index in [9.17, 15) is 14.9 Å². The minimum atomic E-state index is -0.586. The first-order chi connectivity index (χ1) is 9.08. The van der Waals surface area contributed by atoms with Crippen molar-refractivity contribution in [1.29, 1.82) is 0 Å². The number of nitro groups is 1. The van der Waals surface area contributed by atoms with Crippen LogP contribution in [0.1, 0.15) is 11.6 Å². The van der Waals surface area contributed by atoms with E-state index < -0.39 is 11.0 Å². The Balaban J connectivity index is 2.17. The largest absolute Gasteiger partial charge is 0.272 e. The normalized spacial score (nSPS) is 16.7. The van der Waals surface area contributed by atoms with Crippen LogP contribution in [0.3, 0.4) is 0 Å². The van der Waals surface area contributed by atoms with Crippen molar-refractivity contribution in [3.8, 4) is 0 Å². The molecule has 0 radical (unpaired) electrons. The second-order valence-electron chi connectivity index (χ2n) is 3.89. The Morgan fingerprint density at radius 2 is 2.16 bits per heavy atom. The average molecular weight is 297 g/mol. The fourth-order valence-corrected chi connectivity index (χ4v) is 2.68. The maximum Gasteiger partial charge on any atom is 0.253 e. The number of carbonyl (C=O) groups is 1. The lowest BCUT2D eigenvalue weighted by molar-refractivity contribution is -0.485. The van der Waals surface area contributed by atoms with E-state index in [-0.39, 0.29) is 18.2 Å². The molecule has 1 N–H and O–H groups in total. The van der Waals surface area contributed by atoms with Crippen LogP contribution in [0.5, 0.6) is 0 Å². The van der Waals surface area contributed by atoms with Gasteiger partial charge in [-0.05, 0) is 5.56 Å². The fourth-order valence-electron chi connectivity index (χ4n) is 1.69. The minimum absolute atomic E-state index is 0.181. The summed E-state index contributed by atoms with van der Waals surface area (Å²) in [7, 11) is 0. The second-order valence-corrected chi connectivity index (χ2v) is 5.50. The topological polar surface area (TPSA) is 75.5 Å². The molecule has 0 saturated carbocycles. The molecule has 1 heterocycles. The van der Waals surface area contributed by atoms with E-state index in [0.717, 1.165) is 5.56 Å². The van der Waals surface area contributed by atoms with Gasteiger partial charge in [0.15, 0.2) is 4.32 Å². The van der Waals surface area contributed by atoms with Crippen LogP contribution in [-0.4, -0.2) is 32.5 Å². The van der Waals surface area contributed by atoms with Gasteiger partial charge >= 0.3 is 0 Å². The van der Waals surface area contributed by atoms with Crippen molar-refractivity contribution < 1.29 is 9.72 Å². The molecule has 8 heteroatoms. The lowest BCUT2D eigenvalue weighted by Gasteiger charge is -2.22. The van der Waals surface area contributed by atoms with E-state index in [1.807, 2.05) is 6.07 Å². The van der Waals surface area contributed by atoms with Gasteiger partial charge < -0.3 is 0 Å². The van der Waals surface area contributed by atoms with Crippen molar-refractivity contribution in [3.63, 3.8) is 0 Å². The molecule has 1 aliphatic heterocycles. The van der Waals surface area contributed by atoms with E-state index in [0.29, 0.717) is 4.32 Å². The predicted molar refractivity (Wildman–Crippen MR) is 76.1 cm³/mol. The SMILES string of the molecule is O=C1CSC(=S)N1NC(C[N+](=O)[O-])c1ccccc1. The maximum absolute atomic E-state index is 11.6. The van der Waals surface area contributed by atoms with Gasteiger partial charge in [0.25, 0.3) is 5.91 Å². The van der Waals surface area contributed by atoms with Crippen LogP contribution in [0.4, 0.5) is 0 Å². The van der Waals surface area contributed by atoms with Gasteiger partial charge in [-0.3, -0.25) is 14.9 Å². The average Bonchev–Trinajstić information content (AvgIpc) is 2.70. The third kappa shape index (κ3) is 3.49. The molecule has 1 atom stereocenters.